The van der Waals surface area contributed by atoms with Crippen LogP contribution in [0.3, 0.4) is 0 Å². The van der Waals surface area contributed by atoms with E-state index >= 15 is 0 Å². The van der Waals surface area contributed by atoms with Gasteiger partial charge in [0.25, 0.3) is 0 Å². The minimum Gasteiger partial charge on any atom is -0.316 e. The van der Waals surface area contributed by atoms with Gasteiger partial charge in [-0.3, -0.25) is 4.98 Å². The van der Waals surface area contributed by atoms with Crippen molar-refractivity contribution in [2.24, 2.45) is 5.92 Å². The summed E-state index contributed by atoms with van der Waals surface area (Å²) in [6, 6.07) is 0. The Hall–Kier alpha value is -0.710. The molecule has 2 heterocycles. The number of hydrogen-bond donors (Lipinski definition) is 2. The fourth-order valence-electron chi connectivity index (χ4n) is 1.96. The molecule has 4 nitrogen and oxygen atoms in total. The van der Waals surface area contributed by atoms with E-state index in [1.54, 1.807) is 12.4 Å². The Bertz CT molecular complexity index is 326. The van der Waals surface area contributed by atoms with Crippen LogP contribution in [0.5, 0.6) is 0 Å². The molecule has 0 amide bonds. The molecular formula is C11H17ClN4. The summed E-state index contributed by atoms with van der Waals surface area (Å²) in [4.78, 5) is 8.18. The van der Waals surface area contributed by atoms with Gasteiger partial charge >= 0.3 is 0 Å². The number of nitrogens with zero attached hydrogens (tertiary/aromatic N) is 2. The Labute approximate surface area is 101 Å². The van der Waals surface area contributed by atoms with Gasteiger partial charge < -0.3 is 10.6 Å². The van der Waals surface area contributed by atoms with E-state index in [9.17, 15) is 0 Å². The molecule has 5 heteroatoms. The molecule has 0 aliphatic carbocycles. The Balaban J connectivity index is 1.73. The molecular weight excluding hydrogens is 224 g/mol. The summed E-state index contributed by atoms with van der Waals surface area (Å²) in [6.45, 7) is 3.98. The van der Waals surface area contributed by atoms with Crippen LogP contribution in [0, 0.1) is 5.92 Å². The molecule has 2 rings (SSSR count). The van der Waals surface area contributed by atoms with Crippen molar-refractivity contribution in [3.63, 3.8) is 0 Å². The highest BCUT2D eigenvalue weighted by atomic mass is 35.5. The van der Waals surface area contributed by atoms with Crippen molar-refractivity contribution < 1.29 is 0 Å². The smallest absolute Gasteiger partial charge is 0.151 e. The standard InChI is InChI=1S/C11H17ClN4/c12-11-10(15-4-5-16-11)8-14-7-9-2-1-3-13-6-9/h4-5,9,13-14H,1-3,6-8H2/t9-/m1/s1. The summed E-state index contributed by atoms with van der Waals surface area (Å²) in [5, 5.41) is 7.28. The van der Waals surface area contributed by atoms with Crippen molar-refractivity contribution in [2.75, 3.05) is 19.6 Å². The van der Waals surface area contributed by atoms with Gasteiger partial charge in [-0.05, 0) is 38.4 Å². The molecule has 0 bridgehead atoms. The fourth-order valence-corrected chi connectivity index (χ4v) is 2.13. The summed E-state index contributed by atoms with van der Waals surface area (Å²) < 4.78 is 0. The van der Waals surface area contributed by atoms with Crippen molar-refractivity contribution >= 4 is 11.6 Å². The molecule has 0 spiro atoms. The Morgan fingerprint density at radius 3 is 3.06 bits per heavy atom. The average Bonchev–Trinajstić information content (AvgIpc) is 2.33. The third-order valence-electron chi connectivity index (χ3n) is 2.85. The summed E-state index contributed by atoms with van der Waals surface area (Å²) in [6.07, 6.45) is 5.86. The average molecular weight is 241 g/mol. The van der Waals surface area contributed by atoms with Crippen molar-refractivity contribution in [2.45, 2.75) is 19.4 Å². The van der Waals surface area contributed by atoms with Crippen LogP contribution in [-0.2, 0) is 6.54 Å². The SMILES string of the molecule is Clc1nccnc1CNC[C@@H]1CCCNC1. The van der Waals surface area contributed by atoms with Crippen LogP contribution in [0.1, 0.15) is 18.5 Å². The van der Waals surface area contributed by atoms with E-state index in [1.807, 2.05) is 0 Å². The molecule has 1 aliphatic heterocycles. The minimum absolute atomic E-state index is 0.497. The van der Waals surface area contributed by atoms with Crippen LogP contribution in [0.25, 0.3) is 0 Å². The highest BCUT2D eigenvalue weighted by Crippen LogP contribution is 2.10. The summed E-state index contributed by atoms with van der Waals surface area (Å²) >= 11 is 5.92. The third kappa shape index (κ3) is 3.40. The Morgan fingerprint density at radius 2 is 2.31 bits per heavy atom. The molecule has 0 aromatic carbocycles. The maximum absolute atomic E-state index is 5.92. The zero-order valence-electron chi connectivity index (χ0n) is 9.25. The van der Waals surface area contributed by atoms with E-state index < -0.39 is 0 Å². The van der Waals surface area contributed by atoms with Gasteiger partial charge in [-0.1, -0.05) is 11.6 Å². The number of hydrogen-bond acceptors (Lipinski definition) is 4. The molecule has 0 unspecified atom stereocenters. The van der Waals surface area contributed by atoms with E-state index in [0.717, 1.165) is 31.2 Å². The van der Waals surface area contributed by atoms with Gasteiger partial charge in [0.05, 0.1) is 5.69 Å². The summed E-state index contributed by atoms with van der Waals surface area (Å²) in [5.41, 5.74) is 0.827. The predicted octanol–water partition coefficient (Wildman–Crippen LogP) is 1.22. The number of nitrogens with one attached hydrogen (secondary N) is 2. The van der Waals surface area contributed by atoms with Gasteiger partial charge in [-0.15, -0.1) is 0 Å². The lowest BCUT2D eigenvalue weighted by molar-refractivity contribution is 0.359. The van der Waals surface area contributed by atoms with Crippen LogP contribution in [-0.4, -0.2) is 29.6 Å². The largest absolute Gasteiger partial charge is 0.316 e. The van der Waals surface area contributed by atoms with Gasteiger partial charge in [0.1, 0.15) is 0 Å². The molecule has 88 valence electrons. The Kier molecular flexibility index (Phi) is 4.51. The van der Waals surface area contributed by atoms with Crippen LogP contribution in [0.2, 0.25) is 5.15 Å². The van der Waals surface area contributed by atoms with Gasteiger partial charge in [0, 0.05) is 18.9 Å². The monoisotopic (exact) mass is 240 g/mol. The summed E-state index contributed by atoms with van der Waals surface area (Å²) in [7, 11) is 0. The number of piperidine rings is 1. The van der Waals surface area contributed by atoms with E-state index in [0.29, 0.717) is 11.7 Å². The quantitative estimate of drug-likeness (QED) is 0.831. The topological polar surface area (TPSA) is 49.8 Å². The third-order valence-corrected chi connectivity index (χ3v) is 3.16. The van der Waals surface area contributed by atoms with Gasteiger partial charge in [0.2, 0.25) is 0 Å². The van der Waals surface area contributed by atoms with E-state index in [1.165, 1.54) is 12.8 Å². The second-order valence-electron chi connectivity index (χ2n) is 4.14. The maximum atomic E-state index is 5.92. The van der Waals surface area contributed by atoms with Crippen LogP contribution in [0.15, 0.2) is 12.4 Å². The van der Waals surface area contributed by atoms with Crippen LogP contribution >= 0.6 is 11.6 Å². The number of aromatic nitrogens is 2. The van der Waals surface area contributed by atoms with Gasteiger partial charge in [-0.25, -0.2) is 4.98 Å². The predicted molar refractivity (Wildman–Crippen MR) is 64.3 cm³/mol. The molecule has 1 fully saturated rings. The van der Waals surface area contributed by atoms with Crippen LogP contribution in [0.4, 0.5) is 0 Å². The first-order chi connectivity index (χ1) is 7.86. The second-order valence-corrected chi connectivity index (χ2v) is 4.50. The fraction of sp³-hybridized carbons (Fsp3) is 0.636. The van der Waals surface area contributed by atoms with Crippen molar-refractivity contribution in [1.29, 1.82) is 0 Å². The Morgan fingerprint density at radius 1 is 1.44 bits per heavy atom. The minimum atomic E-state index is 0.497. The first kappa shape index (κ1) is 11.8. The van der Waals surface area contributed by atoms with Crippen LogP contribution < -0.4 is 10.6 Å². The number of halogens is 1. The highest BCUT2D eigenvalue weighted by Gasteiger charge is 2.12. The van der Waals surface area contributed by atoms with Crippen molar-refractivity contribution in [3.05, 3.63) is 23.2 Å². The molecule has 1 saturated heterocycles. The second kappa shape index (κ2) is 6.13. The molecule has 2 N–H and O–H groups in total. The normalized spacial score (nSPS) is 20.9. The molecule has 0 saturated carbocycles. The lowest BCUT2D eigenvalue weighted by Crippen LogP contribution is -2.35. The molecule has 1 aromatic rings. The lowest BCUT2D eigenvalue weighted by Gasteiger charge is -2.22. The molecule has 0 radical (unpaired) electrons. The number of rotatable bonds is 4. The van der Waals surface area contributed by atoms with Crippen molar-refractivity contribution in [3.8, 4) is 0 Å². The first-order valence-corrected chi connectivity index (χ1v) is 6.11. The summed E-state index contributed by atoms with van der Waals surface area (Å²) in [5.74, 6) is 0.726. The van der Waals surface area contributed by atoms with E-state index in [4.69, 9.17) is 11.6 Å². The molecule has 16 heavy (non-hydrogen) atoms. The first-order valence-electron chi connectivity index (χ1n) is 5.73. The zero-order chi connectivity index (χ0) is 11.2. The molecule has 1 atom stereocenters. The van der Waals surface area contributed by atoms with E-state index in [2.05, 4.69) is 20.6 Å². The van der Waals surface area contributed by atoms with Gasteiger partial charge in [0.15, 0.2) is 5.15 Å². The maximum Gasteiger partial charge on any atom is 0.151 e. The van der Waals surface area contributed by atoms with Crippen molar-refractivity contribution in [1.82, 2.24) is 20.6 Å². The van der Waals surface area contributed by atoms with E-state index in [-0.39, 0.29) is 0 Å². The highest BCUT2D eigenvalue weighted by molar-refractivity contribution is 6.29. The van der Waals surface area contributed by atoms with Gasteiger partial charge in [-0.2, -0.15) is 0 Å². The zero-order valence-corrected chi connectivity index (χ0v) is 10.0. The molecule has 1 aliphatic rings. The lowest BCUT2D eigenvalue weighted by atomic mass is 10.00. The molecule has 1 aromatic heterocycles.